The van der Waals surface area contributed by atoms with Gasteiger partial charge in [0.1, 0.15) is 0 Å². The summed E-state index contributed by atoms with van der Waals surface area (Å²) in [6.07, 6.45) is 2.01. The highest BCUT2D eigenvalue weighted by Gasteiger charge is 2.39. The van der Waals surface area contributed by atoms with Crippen LogP contribution in [0.25, 0.3) is 10.8 Å². The van der Waals surface area contributed by atoms with Crippen molar-refractivity contribution in [2.24, 2.45) is 5.92 Å². The van der Waals surface area contributed by atoms with Crippen molar-refractivity contribution in [1.29, 1.82) is 0 Å². The number of carboxylic acid groups (broad SMARTS) is 1. The van der Waals surface area contributed by atoms with Crippen LogP contribution in [-0.2, 0) is 4.79 Å². The van der Waals surface area contributed by atoms with Gasteiger partial charge in [0.2, 0.25) is 0 Å². The van der Waals surface area contributed by atoms with Crippen LogP contribution in [0.15, 0.2) is 30.3 Å². The molecule has 0 aromatic heterocycles. The Morgan fingerprint density at radius 1 is 1.00 bits per heavy atom. The van der Waals surface area contributed by atoms with Crippen LogP contribution >= 0.6 is 0 Å². The minimum Gasteiger partial charge on any atom is -0.481 e. The van der Waals surface area contributed by atoms with Crippen molar-refractivity contribution in [2.75, 3.05) is 5.73 Å². The molecule has 1 heterocycles. The highest BCUT2D eigenvalue weighted by Crippen LogP contribution is 2.37. The Bertz CT molecular complexity index is 891. The number of nitrogens with two attached hydrogens (primary N) is 1. The molecule has 0 saturated heterocycles. The van der Waals surface area contributed by atoms with E-state index in [-0.39, 0.29) is 23.8 Å². The van der Waals surface area contributed by atoms with Gasteiger partial charge in [0.25, 0.3) is 11.8 Å². The quantitative estimate of drug-likeness (QED) is 0.647. The molecule has 1 fully saturated rings. The number of nitrogens with zero attached hydrogens (tertiary/aromatic N) is 1. The van der Waals surface area contributed by atoms with Crippen LogP contribution in [-0.4, -0.2) is 33.8 Å². The lowest BCUT2D eigenvalue weighted by Crippen LogP contribution is -2.48. The summed E-state index contributed by atoms with van der Waals surface area (Å²) >= 11 is 0. The second kappa shape index (κ2) is 5.58. The van der Waals surface area contributed by atoms with Gasteiger partial charge in [-0.2, -0.15) is 0 Å². The van der Waals surface area contributed by atoms with Crippen LogP contribution in [0.2, 0.25) is 0 Å². The van der Waals surface area contributed by atoms with Crippen molar-refractivity contribution in [3.63, 3.8) is 0 Å². The van der Waals surface area contributed by atoms with Crippen LogP contribution in [0.1, 0.15) is 46.4 Å². The predicted octanol–water partition coefficient (Wildman–Crippen LogP) is 2.66. The number of carbonyl (C=O) groups is 3. The van der Waals surface area contributed by atoms with Crippen molar-refractivity contribution >= 4 is 34.2 Å². The molecule has 3 N–H and O–H groups in total. The lowest BCUT2D eigenvalue weighted by molar-refractivity contribution is -0.143. The lowest BCUT2D eigenvalue weighted by atomic mass is 9.83. The zero-order chi connectivity index (χ0) is 17.7. The first-order chi connectivity index (χ1) is 12.0. The standard InChI is InChI=1S/C19H18N2O4/c20-15-9-8-14-16-12(15)2-1-3-13(16)17(22)21(18(14)23)11-6-4-10(5-7-11)19(24)25/h1-3,8-11H,4-7,20H2,(H,24,25). The van der Waals surface area contributed by atoms with Crippen molar-refractivity contribution in [2.45, 2.75) is 31.7 Å². The number of rotatable bonds is 2. The third kappa shape index (κ3) is 2.28. The molecule has 2 aromatic carbocycles. The van der Waals surface area contributed by atoms with Gasteiger partial charge in [-0.1, -0.05) is 12.1 Å². The second-order valence-corrected chi connectivity index (χ2v) is 6.75. The van der Waals surface area contributed by atoms with Crippen molar-refractivity contribution in [3.05, 3.63) is 41.5 Å². The Balaban J connectivity index is 1.74. The Labute approximate surface area is 144 Å². The van der Waals surface area contributed by atoms with E-state index in [4.69, 9.17) is 10.8 Å². The van der Waals surface area contributed by atoms with Crippen molar-refractivity contribution in [1.82, 2.24) is 4.90 Å². The van der Waals surface area contributed by atoms with Crippen molar-refractivity contribution < 1.29 is 19.5 Å². The Kier molecular flexibility index (Phi) is 3.49. The molecule has 2 aliphatic rings. The summed E-state index contributed by atoms with van der Waals surface area (Å²) in [4.78, 5) is 38.4. The molecule has 0 atom stereocenters. The Morgan fingerprint density at radius 3 is 2.28 bits per heavy atom. The summed E-state index contributed by atoms with van der Waals surface area (Å²) in [5.74, 6) is -1.82. The first kappa shape index (κ1) is 15.6. The van der Waals surface area contributed by atoms with E-state index in [0.717, 1.165) is 0 Å². The Hall–Kier alpha value is -2.89. The summed E-state index contributed by atoms with van der Waals surface area (Å²) in [7, 11) is 0. The summed E-state index contributed by atoms with van der Waals surface area (Å²) in [5, 5.41) is 10.5. The topological polar surface area (TPSA) is 101 Å². The number of carboxylic acids is 1. The number of nitrogen functional groups attached to an aromatic ring is 1. The van der Waals surface area contributed by atoms with Gasteiger partial charge in [0, 0.05) is 33.6 Å². The fourth-order valence-corrected chi connectivity index (χ4v) is 4.05. The number of anilines is 1. The fourth-order valence-electron chi connectivity index (χ4n) is 4.05. The predicted molar refractivity (Wildman–Crippen MR) is 92.2 cm³/mol. The zero-order valence-corrected chi connectivity index (χ0v) is 13.6. The third-order valence-corrected chi connectivity index (χ3v) is 5.38. The molecule has 25 heavy (non-hydrogen) atoms. The first-order valence-electron chi connectivity index (χ1n) is 8.41. The smallest absolute Gasteiger partial charge is 0.306 e. The molecule has 1 saturated carbocycles. The number of benzene rings is 2. The van der Waals surface area contributed by atoms with E-state index < -0.39 is 5.97 Å². The molecule has 1 aliphatic heterocycles. The van der Waals surface area contributed by atoms with Crippen LogP contribution in [0.5, 0.6) is 0 Å². The van der Waals surface area contributed by atoms with E-state index in [0.29, 0.717) is 53.3 Å². The lowest BCUT2D eigenvalue weighted by Gasteiger charge is -2.37. The summed E-state index contributed by atoms with van der Waals surface area (Å²) in [5.41, 5.74) is 7.50. The number of hydrogen-bond donors (Lipinski definition) is 2. The van der Waals surface area contributed by atoms with Crippen LogP contribution in [0.3, 0.4) is 0 Å². The fraction of sp³-hybridized carbons (Fsp3) is 0.316. The van der Waals surface area contributed by atoms with Crippen LogP contribution < -0.4 is 5.73 Å². The minimum absolute atomic E-state index is 0.253. The van der Waals surface area contributed by atoms with Crippen LogP contribution in [0.4, 0.5) is 5.69 Å². The van der Waals surface area contributed by atoms with Gasteiger partial charge in [-0.15, -0.1) is 0 Å². The molecule has 0 unspecified atom stereocenters. The number of aliphatic carboxylic acids is 1. The van der Waals surface area contributed by atoms with E-state index in [1.807, 2.05) is 6.07 Å². The molecule has 6 heteroatoms. The average molecular weight is 338 g/mol. The molecule has 2 amide bonds. The summed E-state index contributed by atoms with van der Waals surface area (Å²) < 4.78 is 0. The molecule has 2 aromatic rings. The van der Waals surface area contributed by atoms with E-state index in [2.05, 4.69) is 0 Å². The Morgan fingerprint density at radius 2 is 1.64 bits per heavy atom. The number of amides is 2. The molecule has 128 valence electrons. The maximum absolute atomic E-state index is 13.0. The SMILES string of the molecule is Nc1ccc2c3c(cccc13)C(=O)N(C1CCC(C(=O)O)CC1)C2=O. The van der Waals surface area contributed by atoms with Gasteiger partial charge in [-0.05, 0) is 43.9 Å². The summed E-state index contributed by atoms with van der Waals surface area (Å²) in [6.45, 7) is 0. The normalized spacial score (nSPS) is 23.1. The maximum atomic E-state index is 13.0. The summed E-state index contributed by atoms with van der Waals surface area (Å²) in [6, 6.07) is 8.41. The van der Waals surface area contributed by atoms with Crippen LogP contribution in [0, 0.1) is 5.92 Å². The zero-order valence-electron chi connectivity index (χ0n) is 13.6. The number of hydrogen-bond acceptors (Lipinski definition) is 4. The third-order valence-electron chi connectivity index (χ3n) is 5.38. The van der Waals surface area contributed by atoms with Crippen molar-refractivity contribution in [3.8, 4) is 0 Å². The van der Waals surface area contributed by atoms with Gasteiger partial charge in [-0.3, -0.25) is 19.3 Å². The molecule has 0 radical (unpaired) electrons. The number of carbonyl (C=O) groups excluding carboxylic acids is 2. The van der Waals surface area contributed by atoms with Gasteiger partial charge in [0.15, 0.2) is 0 Å². The number of imide groups is 1. The molecular weight excluding hydrogens is 320 g/mol. The largest absolute Gasteiger partial charge is 0.481 e. The maximum Gasteiger partial charge on any atom is 0.306 e. The minimum atomic E-state index is -0.805. The molecule has 0 bridgehead atoms. The first-order valence-corrected chi connectivity index (χ1v) is 8.41. The monoisotopic (exact) mass is 338 g/mol. The van der Waals surface area contributed by atoms with E-state index in [9.17, 15) is 14.4 Å². The highest BCUT2D eigenvalue weighted by atomic mass is 16.4. The molecular formula is C19H18N2O4. The average Bonchev–Trinajstić information content (AvgIpc) is 2.61. The molecule has 4 rings (SSSR count). The molecule has 6 nitrogen and oxygen atoms in total. The van der Waals surface area contributed by atoms with Gasteiger partial charge >= 0.3 is 5.97 Å². The molecule has 1 aliphatic carbocycles. The molecule has 0 spiro atoms. The highest BCUT2D eigenvalue weighted by molar-refractivity contribution is 6.26. The second-order valence-electron chi connectivity index (χ2n) is 6.75. The van der Waals surface area contributed by atoms with E-state index >= 15 is 0 Å². The van der Waals surface area contributed by atoms with E-state index in [1.54, 1.807) is 24.3 Å². The van der Waals surface area contributed by atoms with Gasteiger partial charge in [-0.25, -0.2) is 0 Å². The van der Waals surface area contributed by atoms with E-state index in [1.165, 1.54) is 4.90 Å². The van der Waals surface area contributed by atoms with Gasteiger partial charge < -0.3 is 10.8 Å². The van der Waals surface area contributed by atoms with Gasteiger partial charge in [0.05, 0.1) is 5.92 Å².